The van der Waals surface area contributed by atoms with Crippen LogP contribution in [-0.4, -0.2) is 16.4 Å². The molecule has 0 bridgehead atoms. The first-order valence-corrected chi connectivity index (χ1v) is 7.43. The maximum Gasteiger partial charge on any atom is 0.305 e. The second-order valence-corrected chi connectivity index (χ2v) is 4.83. The fraction of sp³-hybridized carbons (Fsp3) is 1.00. The van der Waals surface area contributed by atoms with Gasteiger partial charge in [0.1, 0.15) is 0 Å². The molecule has 16 heavy (non-hydrogen) atoms. The molecule has 0 N–H and O–H groups in total. The summed E-state index contributed by atoms with van der Waals surface area (Å²) in [6.45, 7) is 8.28. The lowest BCUT2D eigenvalue weighted by Gasteiger charge is -2.17. The van der Waals surface area contributed by atoms with Gasteiger partial charge in [-0.1, -0.05) is 40.5 Å². The Morgan fingerprint density at radius 2 is 1.25 bits per heavy atom. The summed E-state index contributed by atoms with van der Waals surface area (Å²) in [5.74, 6) is 0. The van der Waals surface area contributed by atoms with Crippen molar-refractivity contribution in [3.8, 4) is 0 Å². The predicted octanol–water partition coefficient (Wildman–Crippen LogP) is 3.76. The van der Waals surface area contributed by atoms with Gasteiger partial charge in [0.05, 0.1) is 12.2 Å². The van der Waals surface area contributed by atoms with E-state index in [-0.39, 0.29) is 12.2 Å². The molecule has 0 aliphatic heterocycles. The van der Waals surface area contributed by atoms with Crippen molar-refractivity contribution >= 4 is 11.4 Å². The van der Waals surface area contributed by atoms with Crippen LogP contribution in [-0.2, 0) is 19.7 Å². The first kappa shape index (κ1) is 16.1. The maximum absolute atomic E-state index is 11.6. The third-order valence-corrected chi connectivity index (χ3v) is 3.42. The highest BCUT2D eigenvalue weighted by Gasteiger charge is 2.15. The summed E-state index contributed by atoms with van der Waals surface area (Å²) in [6.07, 6.45) is 5.85. The molecule has 3 nitrogen and oxygen atoms in total. The fourth-order valence-electron chi connectivity index (χ4n) is 1.53. The fourth-order valence-corrected chi connectivity index (χ4v) is 2.48. The van der Waals surface area contributed by atoms with Crippen LogP contribution in [0.1, 0.15) is 66.2 Å². The molecule has 0 aromatic carbocycles. The molecule has 0 aromatic rings. The van der Waals surface area contributed by atoms with E-state index >= 15 is 0 Å². The van der Waals surface area contributed by atoms with Crippen LogP contribution in [0.15, 0.2) is 0 Å². The van der Waals surface area contributed by atoms with Crippen LogP contribution >= 0.6 is 0 Å². The molecule has 2 atom stereocenters. The standard InChI is InChI=1S/C12H26O3S/c1-5-9-11(7-3)14-16(13)15-12(8-4)10-6-2/h11-12H,5-10H2,1-4H3. The summed E-state index contributed by atoms with van der Waals surface area (Å²) in [5.41, 5.74) is 0. The second kappa shape index (κ2) is 10.2. The molecule has 0 amide bonds. The van der Waals surface area contributed by atoms with E-state index in [1.807, 2.05) is 13.8 Å². The summed E-state index contributed by atoms with van der Waals surface area (Å²) in [4.78, 5) is 0. The Balaban J connectivity index is 3.93. The molecule has 0 rings (SSSR count). The van der Waals surface area contributed by atoms with E-state index in [2.05, 4.69) is 13.8 Å². The Hall–Kier alpha value is 0.0700. The van der Waals surface area contributed by atoms with Crippen molar-refractivity contribution < 1.29 is 12.6 Å². The normalized spacial score (nSPS) is 17.0. The summed E-state index contributed by atoms with van der Waals surface area (Å²) < 4.78 is 22.3. The smallest absolute Gasteiger partial charge is 0.265 e. The van der Waals surface area contributed by atoms with E-state index in [0.717, 1.165) is 38.5 Å². The maximum atomic E-state index is 11.6. The molecule has 2 unspecified atom stereocenters. The van der Waals surface area contributed by atoms with Crippen molar-refractivity contribution in [2.24, 2.45) is 0 Å². The molecule has 0 aliphatic rings. The van der Waals surface area contributed by atoms with Crippen molar-refractivity contribution in [2.75, 3.05) is 0 Å². The molecule has 0 fully saturated rings. The van der Waals surface area contributed by atoms with E-state index in [1.165, 1.54) is 0 Å². The van der Waals surface area contributed by atoms with Gasteiger partial charge in [-0.25, -0.2) is 0 Å². The molecule has 0 heterocycles. The SMILES string of the molecule is CCCC(CC)OS(=O)OC(CC)CCC. The zero-order chi connectivity index (χ0) is 12.4. The molecule has 0 spiro atoms. The molecule has 0 aliphatic carbocycles. The second-order valence-electron chi connectivity index (χ2n) is 4.03. The van der Waals surface area contributed by atoms with E-state index in [4.69, 9.17) is 8.37 Å². The van der Waals surface area contributed by atoms with Gasteiger partial charge in [-0.2, -0.15) is 4.21 Å². The number of hydrogen-bond donors (Lipinski definition) is 0. The zero-order valence-electron chi connectivity index (χ0n) is 11.0. The van der Waals surface area contributed by atoms with Crippen molar-refractivity contribution in [1.82, 2.24) is 0 Å². The Morgan fingerprint density at radius 3 is 1.50 bits per heavy atom. The van der Waals surface area contributed by atoms with Gasteiger partial charge in [0.25, 0.3) is 0 Å². The average Bonchev–Trinajstić information content (AvgIpc) is 2.27. The van der Waals surface area contributed by atoms with Gasteiger partial charge in [-0.3, -0.25) is 8.37 Å². The highest BCUT2D eigenvalue weighted by molar-refractivity contribution is 7.75. The van der Waals surface area contributed by atoms with Gasteiger partial charge >= 0.3 is 11.4 Å². The Kier molecular flexibility index (Phi) is 10.3. The van der Waals surface area contributed by atoms with Gasteiger partial charge in [-0.05, 0) is 25.7 Å². The van der Waals surface area contributed by atoms with Crippen LogP contribution in [0.4, 0.5) is 0 Å². The van der Waals surface area contributed by atoms with Gasteiger partial charge in [0.15, 0.2) is 0 Å². The number of hydrogen-bond acceptors (Lipinski definition) is 3. The topological polar surface area (TPSA) is 35.5 Å². The molecule has 0 saturated heterocycles. The van der Waals surface area contributed by atoms with E-state index in [1.54, 1.807) is 0 Å². The predicted molar refractivity (Wildman–Crippen MR) is 68.3 cm³/mol. The van der Waals surface area contributed by atoms with Crippen LogP contribution in [0.25, 0.3) is 0 Å². The minimum absolute atomic E-state index is 0.0602. The highest BCUT2D eigenvalue weighted by atomic mass is 32.2. The van der Waals surface area contributed by atoms with Crippen LogP contribution in [0.5, 0.6) is 0 Å². The van der Waals surface area contributed by atoms with Gasteiger partial charge in [-0.15, -0.1) is 0 Å². The minimum Gasteiger partial charge on any atom is -0.265 e. The molecular formula is C12H26O3S. The van der Waals surface area contributed by atoms with Crippen LogP contribution < -0.4 is 0 Å². The third kappa shape index (κ3) is 7.36. The molecule has 98 valence electrons. The molecule has 0 radical (unpaired) electrons. The van der Waals surface area contributed by atoms with Crippen LogP contribution in [0.2, 0.25) is 0 Å². The van der Waals surface area contributed by atoms with Crippen LogP contribution in [0, 0.1) is 0 Å². The summed E-state index contributed by atoms with van der Waals surface area (Å²) in [7, 11) is 0. The Morgan fingerprint density at radius 1 is 0.875 bits per heavy atom. The molecular weight excluding hydrogens is 224 g/mol. The lowest BCUT2D eigenvalue weighted by atomic mass is 10.2. The van der Waals surface area contributed by atoms with Crippen LogP contribution in [0.3, 0.4) is 0 Å². The third-order valence-electron chi connectivity index (χ3n) is 2.56. The summed E-state index contributed by atoms with van der Waals surface area (Å²) in [6, 6.07) is 0. The Bertz CT molecular complexity index is 167. The molecule has 0 aromatic heterocycles. The quantitative estimate of drug-likeness (QED) is 0.592. The molecule has 4 heteroatoms. The van der Waals surface area contributed by atoms with Gasteiger partial charge < -0.3 is 0 Å². The highest BCUT2D eigenvalue weighted by Crippen LogP contribution is 2.13. The van der Waals surface area contributed by atoms with Crippen molar-refractivity contribution in [3.05, 3.63) is 0 Å². The lowest BCUT2D eigenvalue weighted by molar-refractivity contribution is 0.132. The monoisotopic (exact) mass is 250 g/mol. The van der Waals surface area contributed by atoms with E-state index < -0.39 is 11.4 Å². The van der Waals surface area contributed by atoms with E-state index in [9.17, 15) is 4.21 Å². The largest absolute Gasteiger partial charge is 0.305 e. The first-order chi connectivity index (χ1) is 7.67. The average molecular weight is 250 g/mol. The summed E-state index contributed by atoms with van der Waals surface area (Å²) in [5, 5.41) is 0. The minimum atomic E-state index is -1.58. The van der Waals surface area contributed by atoms with Gasteiger partial charge in [0, 0.05) is 0 Å². The molecule has 0 saturated carbocycles. The lowest BCUT2D eigenvalue weighted by Crippen LogP contribution is -2.19. The summed E-state index contributed by atoms with van der Waals surface area (Å²) >= 11 is -1.58. The van der Waals surface area contributed by atoms with E-state index in [0.29, 0.717) is 0 Å². The number of rotatable bonds is 10. The zero-order valence-corrected chi connectivity index (χ0v) is 11.8. The van der Waals surface area contributed by atoms with Crippen molar-refractivity contribution in [3.63, 3.8) is 0 Å². The van der Waals surface area contributed by atoms with Gasteiger partial charge in [0.2, 0.25) is 0 Å². The van der Waals surface area contributed by atoms with Crippen molar-refractivity contribution in [2.45, 2.75) is 78.4 Å². The Labute approximate surface area is 103 Å². The first-order valence-electron chi connectivity index (χ1n) is 6.43. The van der Waals surface area contributed by atoms with Crippen molar-refractivity contribution in [1.29, 1.82) is 0 Å².